The summed E-state index contributed by atoms with van der Waals surface area (Å²) in [6.07, 6.45) is 0. The first-order chi connectivity index (χ1) is 58.5. The van der Waals surface area contributed by atoms with Gasteiger partial charge in [0, 0.05) is 95.6 Å². The summed E-state index contributed by atoms with van der Waals surface area (Å²) in [5.74, 6) is 1.36. The van der Waals surface area contributed by atoms with E-state index in [0.717, 1.165) is 106 Å². The molecule has 0 amide bonds. The predicted molar refractivity (Wildman–Crippen MR) is 500 cm³/mol. The number of hydrogen-bond acceptors (Lipinski definition) is 8. The van der Waals surface area contributed by atoms with Crippen LogP contribution in [-0.2, 0) is 0 Å². The van der Waals surface area contributed by atoms with Crippen LogP contribution in [0.15, 0.2) is 400 Å². The zero-order valence-corrected chi connectivity index (χ0v) is 65.2. The van der Waals surface area contributed by atoms with E-state index >= 15 is 0 Å². The molecule has 6 heterocycles. The maximum Gasteiger partial charge on any atom is 0.160 e. The summed E-state index contributed by atoms with van der Waals surface area (Å²) < 4.78 is 4.93. The van der Waals surface area contributed by atoms with Gasteiger partial charge in [0.1, 0.15) is 0 Å². The third kappa shape index (κ3) is 11.8. The van der Waals surface area contributed by atoms with E-state index in [4.69, 9.17) is 29.9 Å². The maximum atomic E-state index is 5.59. The molecule has 0 spiro atoms. The van der Waals surface area contributed by atoms with E-state index in [2.05, 4.69) is 376 Å². The topological polar surface area (TPSA) is 77.3 Å². The molecule has 0 aliphatic rings. The highest BCUT2D eigenvalue weighted by Crippen LogP contribution is 2.49. The van der Waals surface area contributed by atoms with Crippen LogP contribution in [0.5, 0.6) is 0 Å². The Hall–Kier alpha value is -15.1. The number of nitrogens with zero attached hydrogens (tertiary/aromatic N) is 6. The Labute approximate surface area is 687 Å². The van der Waals surface area contributed by atoms with Crippen LogP contribution in [0.4, 0.5) is 0 Å². The molecule has 0 saturated carbocycles. The molecule has 18 aromatic carbocycles. The van der Waals surface area contributed by atoms with E-state index in [1.54, 1.807) is 0 Å². The van der Waals surface area contributed by atoms with Gasteiger partial charge < -0.3 is 0 Å². The highest BCUT2D eigenvalue weighted by atomic mass is 32.1. The van der Waals surface area contributed by atoms with Crippen molar-refractivity contribution in [2.45, 2.75) is 0 Å². The van der Waals surface area contributed by atoms with Crippen LogP contribution in [0.1, 0.15) is 0 Å². The molecule has 6 aromatic heterocycles. The van der Waals surface area contributed by atoms with Crippen molar-refractivity contribution in [1.82, 2.24) is 29.9 Å². The maximum absolute atomic E-state index is 5.59. The van der Waals surface area contributed by atoms with Gasteiger partial charge in [0.25, 0.3) is 0 Å². The lowest BCUT2D eigenvalue weighted by Gasteiger charge is -2.15. The van der Waals surface area contributed by atoms with Crippen molar-refractivity contribution in [2.24, 2.45) is 0 Å². The highest BCUT2D eigenvalue weighted by Gasteiger charge is 2.24. The van der Waals surface area contributed by atoms with Crippen LogP contribution < -0.4 is 0 Å². The average Bonchev–Trinajstić information content (AvgIpc) is 1.45. The molecule has 0 fully saturated rings. The Kier molecular flexibility index (Phi) is 16.5. The first-order valence-electron chi connectivity index (χ1n) is 39.9. The fourth-order valence-corrected chi connectivity index (χ4v) is 20.2. The molecule has 0 radical (unpaired) electrons. The van der Waals surface area contributed by atoms with Crippen LogP contribution >= 0.6 is 22.7 Å². The van der Waals surface area contributed by atoms with E-state index in [0.29, 0.717) is 11.6 Å². The molecule has 0 aliphatic heterocycles. The number of aromatic nitrogens is 6. The van der Waals surface area contributed by atoms with E-state index in [-0.39, 0.29) is 0 Å². The molecule has 0 bridgehead atoms. The minimum atomic E-state index is 0.674. The largest absolute Gasteiger partial charge is 0.247 e. The number of rotatable bonds is 10. The Balaban J connectivity index is 0.000000138. The van der Waals surface area contributed by atoms with Crippen molar-refractivity contribution in [1.29, 1.82) is 0 Å². The third-order valence-electron chi connectivity index (χ3n) is 23.3. The van der Waals surface area contributed by atoms with Gasteiger partial charge in [-0.1, -0.05) is 352 Å². The number of thiophene rings is 2. The van der Waals surface area contributed by atoms with Crippen LogP contribution in [0.2, 0.25) is 0 Å². The van der Waals surface area contributed by atoms with E-state index in [1.165, 1.54) is 122 Å². The first kappa shape index (κ1) is 68.5. The molecule has 6 nitrogen and oxygen atoms in total. The Morgan fingerprint density at radius 3 is 1.01 bits per heavy atom. The second-order valence-electron chi connectivity index (χ2n) is 30.2. The van der Waals surface area contributed by atoms with Crippen LogP contribution in [0.3, 0.4) is 0 Å². The predicted octanol–water partition coefficient (Wildman–Crippen LogP) is 30.4. The highest BCUT2D eigenvalue weighted by molar-refractivity contribution is 7.27. The van der Waals surface area contributed by atoms with Crippen LogP contribution in [0.25, 0.3) is 239 Å². The van der Waals surface area contributed by atoms with Gasteiger partial charge in [-0.2, -0.15) is 0 Å². The van der Waals surface area contributed by atoms with Gasteiger partial charge in [0.05, 0.1) is 45.2 Å². The van der Waals surface area contributed by atoms with E-state index in [1.807, 2.05) is 46.9 Å². The van der Waals surface area contributed by atoms with Crippen molar-refractivity contribution in [3.8, 4) is 113 Å². The van der Waals surface area contributed by atoms with Crippen LogP contribution in [0, 0.1) is 0 Å². The summed E-state index contributed by atoms with van der Waals surface area (Å²) in [7, 11) is 0. The summed E-state index contributed by atoms with van der Waals surface area (Å²) in [5.41, 5.74) is 20.3. The van der Waals surface area contributed by atoms with Gasteiger partial charge in [-0.05, 0) is 135 Å². The molecule has 0 saturated heterocycles. The molecular formula is C110H66N6S2. The van der Waals surface area contributed by atoms with Crippen molar-refractivity contribution in [2.75, 3.05) is 0 Å². The number of pyridine rings is 2. The zero-order valence-electron chi connectivity index (χ0n) is 63.6. The van der Waals surface area contributed by atoms with E-state index < -0.39 is 0 Å². The summed E-state index contributed by atoms with van der Waals surface area (Å²) in [5, 5.41) is 22.3. The van der Waals surface area contributed by atoms with Crippen molar-refractivity contribution >= 4 is 149 Å². The van der Waals surface area contributed by atoms with Crippen LogP contribution in [-0.4, -0.2) is 29.9 Å². The molecule has 0 N–H and O–H groups in total. The monoisotopic (exact) mass is 1530 g/mol. The lowest BCUT2D eigenvalue weighted by Crippen LogP contribution is -1.97. The standard InChI is InChI=1S/2C55H33N3S/c1-3-14-34(15-4-1)35-26-28-37(29-27-35)55-57-48(36-16-5-2-6-17-36)33-49(58-55)44-23-13-24-47-51(44)54-52(45-22-11-12-25-50(45)59-54)53(56-47)38-30-31-43-41-20-8-7-18-39(41)40-19-9-10-21-42(40)46(43)32-38;1-3-13-35(14-4-1)48-33-49(36-15-5-2-6-16-36)58-55(57-48)39-28-30-45-50(32-39)56-53(52-46-21-11-12-22-51(46)59-54(45)52)37-25-23-34(24-26-37)38-27-29-44-42-19-8-7-17-40(42)41-18-9-10-20-43(41)47(44)31-38/h2*1-33H. The van der Waals surface area contributed by atoms with Crippen molar-refractivity contribution < 1.29 is 0 Å². The Morgan fingerprint density at radius 2 is 0.492 bits per heavy atom. The molecule has 0 unspecified atom stereocenters. The fraction of sp³-hybridized carbons (Fsp3) is 0. The molecular weight excluding hydrogens is 1470 g/mol. The lowest BCUT2D eigenvalue weighted by molar-refractivity contribution is 1.18. The number of benzene rings is 18. The van der Waals surface area contributed by atoms with Crippen molar-refractivity contribution in [3.63, 3.8) is 0 Å². The number of hydrogen-bond donors (Lipinski definition) is 0. The second kappa shape index (κ2) is 28.5. The van der Waals surface area contributed by atoms with Gasteiger partial charge in [0.2, 0.25) is 0 Å². The molecule has 24 rings (SSSR count). The minimum absolute atomic E-state index is 0.674. The first-order valence-corrected chi connectivity index (χ1v) is 41.5. The van der Waals surface area contributed by atoms with Gasteiger partial charge >= 0.3 is 0 Å². The van der Waals surface area contributed by atoms with Crippen molar-refractivity contribution in [3.05, 3.63) is 400 Å². The fourth-order valence-electron chi connectivity index (χ4n) is 17.7. The van der Waals surface area contributed by atoms with Gasteiger partial charge in [-0.3, -0.25) is 0 Å². The molecule has 0 atom stereocenters. The summed E-state index contributed by atoms with van der Waals surface area (Å²) in [6.45, 7) is 0. The molecule has 118 heavy (non-hydrogen) atoms. The molecule has 24 aromatic rings. The molecule has 0 aliphatic carbocycles. The Bertz CT molecular complexity index is 8020. The summed E-state index contributed by atoms with van der Waals surface area (Å²) in [4.78, 5) is 31.9. The smallest absolute Gasteiger partial charge is 0.160 e. The van der Waals surface area contributed by atoms with Gasteiger partial charge in [-0.25, -0.2) is 29.9 Å². The summed E-state index contributed by atoms with van der Waals surface area (Å²) in [6, 6.07) is 143. The molecule has 8 heteroatoms. The Morgan fingerprint density at radius 1 is 0.161 bits per heavy atom. The van der Waals surface area contributed by atoms with Gasteiger partial charge in [-0.15, -0.1) is 22.7 Å². The second-order valence-corrected chi connectivity index (χ2v) is 32.3. The molecule has 548 valence electrons. The third-order valence-corrected chi connectivity index (χ3v) is 25.7. The van der Waals surface area contributed by atoms with Gasteiger partial charge in [0.15, 0.2) is 11.6 Å². The zero-order chi connectivity index (χ0) is 77.7. The normalized spacial score (nSPS) is 11.7. The quantitative estimate of drug-likeness (QED) is 0.127. The lowest BCUT2D eigenvalue weighted by atomic mass is 9.92. The summed E-state index contributed by atoms with van der Waals surface area (Å²) >= 11 is 3.67. The average molecular weight is 1540 g/mol. The number of fused-ring (bicyclic) bond motifs is 22. The van der Waals surface area contributed by atoms with E-state index in [9.17, 15) is 0 Å². The SMILES string of the molecule is c1ccc(-c2cc(-c3ccccc3)nc(-c3ccc4c(c3)nc(-c3ccc(-c5ccc6c7ccccc7c7ccccc7c6c5)cc3)c3c5ccccc5sc43)n2)cc1.c1ccc(-c2ccc(-c3nc(-c4ccccc4)cc(-c4cccc5nc(-c6ccc7c8ccccc8c8ccccc8c7c6)c6c7ccccc7sc6c45)n3)cc2)cc1. The minimum Gasteiger partial charge on any atom is -0.247 e.